The number of hydrogen-bond acceptors (Lipinski definition) is 3. The van der Waals surface area contributed by atoms with E-state index < -0.39 is 0 Å². The Morgan fingerprint density at radius 1 is 0.967 bits per heavy atom. The Hall–Kier alpha value is -2.18. The molecule has 8 heteroatoms. The van der Waals surface area contributed by atoms with Crippen LogP contribution < -0.4 is 4.90 Å². The molecule has 0 bridgehead atoms. The zero-order valence-corrected chi connectivity index (χ0v) is 19.0. The summed E-state index contributed by atoms with van der Waals surface area (Å²) < 4.78 is 1.98. The molecule has 1 saturated heterocycles. The highest BCUT2D eigenvalue weighted by Gasteiger charge is 2.36. The van der Waals surface area contributed by atoms with Gasteiger partial charge in [-0.15, -0.1) is 0 Å². The first-order valence-electron chi connectivity index (χ1n) is 8.95. The molecule has 0 N–H and O–H groups in total. The average Bonchev–Trinajstić information content (AvgIpc) is 3.14. The summed E-state index contributed by atoms with van der Waals surface area (Å²) in [5.74, 6) is -0.363. The number of aryl methyl sites for hydroxylation is 1. The van der Waals surface area contributed by atoms with Crippen molar-refractivity contribution < 1.29 is 9.59 Å². The SMILES string of the molecule is Cc1cc(/C=C2/SC(=O)N(c3ccc(Cl)cc3)C2=O)c(C)n1-c1cccc(Cl)c1Cl. The number of nitrogens with zero attached hydrogens (tertiary/aromatic N) is 2. The second kappa shape index (κ2) is 8.16. The number of anilines is 1. The fourth-order valence-corrected chi connectivity index (χ4v) is 4.73. The van der Waals surface area contributed by atoms with Gasteiger partial charge in [0.2, 0.25) is 0 Å². The van der Waals surface area contributed by atoms with Gasteiger partial charge in [-0.1, -0.05) is 40.9 Å². The molecule has 30 heavy (non-hydrogen) atoms. The van der Waals surface area contributed by atoms with Gasteiger partial charge in [0.25, 0.3) is 11.1 Å². The minimum atomic E-state index is -0.363. The first-order valence-corrected chi connectivity index (χ1v) is 10.9. The molecule has 4 rings (SSSR count). The van der Waals surface area contributed by atoms with Crippen molar-refractivity contribution in [1.82, 2.24) is 4.57 Å². The van der Waals surface area contributed by atoms with Crippen molar-refractivity contribution in [2.45, 2.75) is 13.8 Å². The lowest BCUT2D eigenvalue weighted by Gasteiger charge is -2.12. The third kappa shape index (κ3) is 3.67. The second-order valence-electron chi connectivity index (χ2n) is 6.73. The van der Waals surface area contributed by atoms with Gasteiger partial charge in [-0.05, 0) is 79.7 Å². The first kappa shape index (κ1) is 21.1. The van der Waals surface area contributed by atoms with Gasteiger partial charge in [-0.3, -0.25) is 9.59 Å². The van der Waals surface area contributed by atoms with Crippen molar-refractivity contribution >= 4 is 69.5 Å². The van der Waals surface area contributed by atoms with Crippen LogP contribution in [0.15, 0.2) is 53.4 Å². The Kier molecular flexibility index (Phi) is 5.73. The fourth-order valence-electron chi connectivity index (χ4n) is 3.39. The maximum absolute atomic E-state index is 12.9. The number of imide groups is 1. The molecule has 0 spiro atoms. The van der Waals surface area contributed by atoms with Crippen LogP contribution in [0.2, 0.25) is 15.1 Å². The van der Waals surface area contributed by atoms with Gasteiger partial charge in [0.15, 0.2) is 0 Å². The van der Waals surface area contributed by atoms with Gasteiger partial charge in [0, 0.05) is 16.4 Å². The summed E-state index contributed by atoms with van der Waals surface area (Å²) in [5.41, 5.74) is 3.88. The van der Waals surface area contributed by atoms with Crippen molar-refractivity contribution in [2.75, 3.05) is 4.90 Å². The van der Waals surface area contributed by atoms with E-state index in [4.69, 9.17) is 34.8 Å². The van der Waals surface area contributed by atoms with Crippen LogP contribution in [0.5, 0.6) is 0 Å². The molecule has 152 valence electrons. The van der Waals surface area contributed by atoms with E-state index in [0.29, 0.717) is 25.7 Å². The summed E-state index contributed by atoms with van der Waals surface area (Å²) in [6, 6.07) is 14.0. The molecule has 1 aromatic heterocycles. The van der Waals surface area contributed by atoms with Crippen LogP contribution >= 0.6 is 46.6 Å². The number of rotatable bonds is 3. The zero-order chi connectivity index (χ0) is 21.6. The van der Waals surface area contributed by atoms with Crippen LogP contribution in [0.25, 0.3) is 11.8 Å². The van der Waals surface area contributed by atoms with Crippen LogP contribution in [0, 0.1) is 13.8 Å². The summed E-state index contributed by atoms with van der Waals surface area (Å²) in [4.78, 5) is 26.9. The molecule has 2 aromatic carbocycles. The summed E-state index contributed by atoms with van der Waals surface area (Å²) >= 11 is 19.4. The largest absolute Gasteiger partial charge is 0.316 e. The smallest absolute Gasteiger partial charge is 0.298 e. The molecule has 4 nitrogen and oxygen atoms in total. The topological polar surface area (TPSA) is 42.3 Å². The van der Waals surface area contributed by atoms with E-state index in [1.165, 1.54) is 0 Å². The molecule has 2 amide bonds. The Bertz CT molecular complexity index is 1220. The van der Waals surface area contributed by atoms with Gasteiger partial charge in [0.1, 0.15) is 0 Å². The number of carbonyl (C=O) groups is 2. The van der Waals surface area contributed by atoms with Crippen LogP contribution in [0.3, 0.4) is 0 Å². The third-order valence-electron chi connectivity index (χ3n) is 4.81. The number of carbonyl (C=O) groups excluding carboxylic acids is 2. The van der Waals surface area contributed by atoms with Crippen molar-refractivity contribution in [1.29, 1.82) is 0 Å². The number of hydrogen-bond donors (Lipinski definition) is 0. The summed E-state index contributed by atoms with van der Waals surface area (Å²) in [5, 5.41) is 1.11. The fraction of sp³-hybridized carbons (Fsp3) is 0.0909. The molecule has 1 aliphatic rings. The lowest BCUT2D eigenvalue weighted by Crippen LogP contribution is -2.27. The summed E-state index contributed by atoms with van der Waals surface area (Å²) in [6.07, 6.45) is 1.73. The number of thioether (sulfide) groups is 1. The van der Waals surface area contributed by atoms with E-state index in [9.17, 15) is 9.59 Å². The molecular weight excluding hydrogens is 463 g/mol. The predicted octanol–water partition coefficient (Wildman–Crippen LogP) is 7.30. The van der Waals surface area contributed by atoms with Crippen LogP contribution in [-0.2, 0) is 4.79 Å². The summed E-state index contributed by atoms with van der Waals surface area (Å²) in [7, 11) is 0. The van der Waals surface area contributed by atoms with Crippen LogP contribution in [0.1, 0.15) is 17.0 Å². The lowest BCUT2D eigenvalue weighted by molar-refractivity contribution is -0.113. The van der Waals surface area contributed by atoms with E-state index in [1.807, 2.05) is 36.6 Å². The number of amides is 2. The highest BCUT2D eigenvalue weighted by atomic mass is 35.5. The van der Waals surface area contributed by atoms with E-state index in [2.05, 4.69) is 0 Å². The molecule has 3 aromatic rings. The molecule has 0 saturated carbocycles. The zero-order valence-electron chi connectivity index (χ0n) is 15.9. The quantitative estimate of drug-likeness (QED) is 0.372. The highest BCUT2D eigenvalue weighted by molar-refractivity contribution is 8.19. The third-order valence-corrected chi connectivity index (χ3v) is 6.74. The number of halogens is 3. The van der Waals surface area contributed by atoms with Crippen LogP contribution in [-0.4, -0.2) is 15.7 Å². The summed E-state index contributed by atoms with van der Waals surface area (Å²) in [6.45, 7) is 3.88. The normalized spacial score (nSPS) is 15.5. The van der Waals surface area contributed by atoms with Crippen molar-refractivity contribution in [3.8, 4) is 5.69 Å². The van der Waals surface area contributed by atoms with Gasteiger partial charge in [-0.2, -0.15) is 0 Å². The van der Waals surface area contributed by atoms with Crippen molar-refractivity contribution in [3.63, 3.8) is 0 Å². The van der Waals surface area contributed by atoms with E-state index >= 15 is 0 Å². The molecule has 1 fully saturated rings. The van der Waals surface area contributed by atoms with E-state index in [0.717, 1.165) is 39.3 Å². The predicted molar refractivity (Wildman–Crippen MR) is 125 cm³/mol. The van der Waals surface area contributed by atoms with Gasteiger partial charge in [0.05, 0.1) is 26.3 Å². The Labute approximate surface area is 193 Å². The standard InChI is InChI=1S/C22H15Cl3N2O2S/c1-12-10-14(13(2)26(12)18-5-3-4-17(24)20(18)25)11-19-21(28)27(22(29)30-19)16-8-6-15(23)7-9-16/h3-11H,1-2H3/b19-11+. The van der Waals surface area contributed by atoms with Gasteiger partial charge >= 0.3 is 0 Å². The number of benzene rings is 2. The Morgan fingerprint density at radius 2 is 1.67 bits per heavy atom. The molecule has 0 aliphatic carbocycles. The van der Waals surface area contributed by atoms with Crippen LogP contribution in [0.4, 0.5) is 10.5 Å². The molecule has 0 unspecified atom stereocenters. The Morgan fingerprint density at radius 3 is 2.37 bits per heavy atom. The molecular formula is C22H15Cl3N2O2S. The van der Waals surface area contributed by atoms with Crippen molar-refractivity contribution in [3.05, 3.63) is 85.5 Å². The van der Waals surface area contributed by atoms with Crippen molar-refractivity contribution in [2.24, 2.45) is 0 Å². The van der Waals surface area contributed by atoms with Gasteiger partial charge in [-0.25, -0.2) is 4.90 Å². The maximum Gasteiger partial charge on any atom is 0.298 e. The molecule has 0 atom stereocenters. The molecule has 0 radical (unpaired) electrons. The highest BCUT2D eigenvalue weighted by Crippen LogP contribution is 2.37. The lowest BCUT2D eigenvalue weighted by atomic mass is 10.2. The molecule has 2 heterocycles. The first-order chi connectivity index (χ1) is 14.3. The van der Waals surface area contributed by atoms with Gasteiger partial charge < -0.3 is 4.57 Å². The minimum absolute atomic E-state index is 0.347. The van der Waals surface area contributed by atoms with E-state index in [1.54, 1.807) is 36.4 Å². The minimum Gasteiger partial charge on any atom is -0.316 e. The monoisotopic (exact) mass is 476 g/mol. The Balaban J connectivity index is 1.72. The maximum atomic E-state index is 12.9. The van der Waals surface area contributed by atoms with E-state index in [-0.39, 0.29) is 11.1 Å². The second-order valence-corrected chi connectivity index (χ2v) is 8.94. The molecule has 1 aliphatic heterocycles. The average molecular weight is 478 g/mol. The number of aromatic nitrogens is 1.